The maximum Gasteiger partial charge on any atom is 0.0267 e. The SMILES string of the molecule is [Cl][Rh]([Cl])[Cl].c1ccncc1.c1ccncc1. The third kappa shape index (κ3) is 16.2. The molecule has 0 saturated carbocycles. The van der Waals surface area contributed by atoms with Crippen LogP contribution >= 0.6 is 29.1 Å². The van der Waals surface area contributed by atoms with Crippen LogP contribution in [0.2, 0.25) is 0 Å². The molecule has 0 aliphatic carbocycles. The molecule has 0 saturated heterocycles. The molecule has 2 nitrogen and oxygen atoms in total. The van der Waals surface area contributed by atoms with Crippen molar-refractivity contribution >= 4 is 29.1 Å². The molecule has 0 aliphatic heterocycles. The van der Waals surface area contributed by atoms with E-state index in [0.717, 1.165) is 0 Å². The van der Waals surface area contributed by atoms with Gasteiger partial charge in [-0.2, -0.15) is 0 Å². The van der Waals surface area contributed by atoms with E-state index in [2.05, 4.69) is 9.97 Å². The van der Waals surface area contributed by atoms with Gasteiger partial charge in [-0.1, -0.05) is 12.1 Å². The number of nitrogens with zero attached hydrogens (tertiary/aromatic N) is 2. The van der Waals surface area contributed by atoms with Crippen molar-refractivity contribution in [3.8, 4) is 0 Å². The molecule has 2 rings (SSSR count). The zero-order valence-electron chi connectivity index (χ0n) is 8.14. The van der Waals surface area contributed by atoms with Gasteiger partial charge in [-0.3, -0.25) is 9.97 Å². The second-order valence-electron chi connectivity index (χ2n) is 2.19. The van der Waals surface area contributed by atoms with E-state index >= 15 is 0 Å². The van der Waals surface area contributed by atoms with Crippen molar-refractivity contribution in [2.75, 3.05) is 0 Å². The summed E-state index contributed by atoms with van der Waals surface area (Å²) >= 11 is -1.66. The summed E-state index contributed by atoms with van der Waals surface area (Å²) in [5, 5.41) is 0. The van der Waals surface area contributed by atoms with Gasteiger partial charge in [-0.25, -0.2) is 0 Å². The van der Waals surface area contributed by atoms with Crippen molar-refractivity contribution in [3.63, 3.8) is 0 Å². The Bertz CT molecular complexity index is 234. The number of rotatable bonds is 0. The zero-order valence-corrected chi connectivity index (χ0v) is 12.0. The Hall–Kier alpha value is -0.207. The maximum absolute atomic E-state index is 4.94. The molecule has 2 aromatic rings. The van der Waals surface area contributed by atoms with Gasteiger partial charge in [0, 0.05) is 24.8 Å². The van der Waals surface area contributed by atoms with Crippen LogP contribution < -0.4 is 0 Å². The Morgan fingerprint density at radius 2 is 0.812 bits per heavy atom. The number of hydrogen-bond donors (Lipinski definition) is 0. The average Bonchev–Trinajstić information content (AvgIpc) is 2.34. The van der Waals surface area contributed by atoms with E-state index < -0.39 is 13.0 Å². The third-order valence-electron chi connectivity index (χ3n) is 1.13. The van der Waals surface area contributed by atoms with Crippen LogP contribution in [0, 0.1) is 0 Å². The molecule has 0 unspecified atom stereocenters. The first kappa shape index (κ1) is 15.8. The van der Waals surface area contributed by atoms with Crippen molar-refractivity contribution in [1.29, 1.82) is 0 Å². The molecule has 6 heteroatoms. The van der Waals surface area contributed by atoms with E-state index in [0.29, 0.717) is 0 Å². The van der Waals surface area contributed by atoms with Crippen LogP contribution in [0.15, 0.2) is 61.2 Å². The molecule has 0 N–H and O–H groups in total. The Balaban J connectivity index is 0.000000217. The van der Waals surface area contributed by atoms with Gasteiger partial charge in [0.05, 0.1) is 0 Å². The molecule has 0 amide bonds. The Morgan fingerprint density at radius 3 is 0.875 bits per heavy atom. The molecular weight excluding hydrogens is 357 g/mol. The van der Waals surface area contributed by atoms with Gasteiger partial charge in [-0.15, -0.1) is 0 Å². The first-order valence-electron chi connectivity index (χ1n) is 4.08. The van der Waals surface area contributed by atoms with Gasteiger partial charge >= 0.3 is 42.1 Å². The standard InChI is InChI=1S/2C5H5N.3ClH.Rh/c2*1-2-4-6-5-3-1;;;;/h2*1-5H;3*1H;/q;;;;;+3/p-3. The van der Waals surface area contributed by atoms with Crippen LogP contribution in [-0.4, -0.2) is 9.97 Å². The van der Waals surface area contributed by atoms with Crippen LogP contribution in [0.1, 0.15) is 0 Å². The Kier molecular flexibility index (Phi) is 12.7. The van der Waals surface area contributed by atoms with Crippen LogP contribution in [0.5, 0.6) is 0 Å². The molecule has 0 radical (unpaired) electrons. The van der Waals surface area contributed by atoms with Gasteiger partial charge in [0.1, 0.15) is 0 Å². The fraction of sp³-hybridized carbons (Fsp3) is 0. The summed E-state index contributed by atoms with van der Waals surface area (Å²) in [7, 11) is 14.8. The summed E-state index contributed by atoms with van der Waals surface area (Å²) in [4.78, 5) is 7.57. The molecule has 0 atom stereocenters. The van der Waals surface area contributed by atoms with Gasteiger partial charge < -0.3 is 0 Å². The van der Waals surface area contributed by atoms with Crippen LogP contribution in [0.4, 0.5) is 0 Å². The fourth-order valence-corrected chi connectivity index (χ4v) is 0.625. The summed E-state index contributed by atoms with van der Waals surface area (Å²) in [5.41, 5.74) is 0. The second-order valence-corrected chi connectivity index (χ2v) is 9.66. The summed E-state index contributed by atoms with van der Waals surface area (Å²) in [5.74, 6) is 0. The largest absolute Gasteiger partial charge is 0.265 e. The molecule has 0 aromatic carbocycles. The van der Waals surface area contributed by atoms with Crippen molar-refractivity contribution < 1.29 is 13.0 Å². The monoisotopic (exact) mass is 366 g/mol. The predicted octanol–water partition coefficient (Wildman–Crippen LogP) is 4.23. The van der Waals surface area contributed by atoms with Crippen molar-refractivity contribution in [2.45, 2.75) is 0 Å². The molecule has 0 fully saturated rings. The molecule has 2 heterocycles. The Labute approximate surface area is 113 Å². The van der Waals surface area contributed by atoms with E-state index in [9.17, 15) is 0 Å². The molecule has 16 heavy (non-hydrogen) atoms. The number of hydrogen-bond acceptors (Lipinski definition) is 2. The van der Waals surface area contributed by atoms with Gasteiger partial charge in [0.15, 0.2) is 0 Å². The first-order chi connectivity index (χ1) is 7.73. The molecular formula is C10H10Cl3N2Rh. The number of aromatic nitrogens is 2. The number of halogens is 3. The average molecular weight is 367 g/mol. The summed E-state index contributed by atoms with van der Waals surface area (Å²) in [6.45, 7) is 0. The second kappa shape index (κ2) is 12.9. The van der Waals surface area contributed by atoms with Crippen molar-refractivity contribution in [2.24, 2.45) is 0 Å². The van der Waals surface area contributed by atoms with E-state index in [1.807, 2.05) is 36.4 Å². The smallest absolute Gasteiger partial charge is 0.0267 e. The van der Waals surface area contributed by atoms with Gasteiger partial charge in [0.2, 0.25) is 0 Å². The molecule has 0 aliphatic rings. The summed E-state index contributed by atoms with van der Waals surface area (Å²) in [6, 6.07) is 11.4. The van der Waals surface area contributed by atoms with E-state index in [1.165, 1.54) is 0 Å². The zero-order chi connectivity index (χ0) is 12.1. The topological polar surface area (TPSA) is 25.8 Å². The van der Waals surface area contributed by atoms with E-state index in [4.69, 9.17) is 29.1 Å². The molecule has 0 bridgehead atoms. The van der Waals surface area contributed by atoms with Crippen molar-refractivity contribution in [3.05, 3.63) is 61.2 Å². The van der Waals surface area contributed by atoms with E-state index in [-0.39, 0.29) is 0 Å². The maximum atomic E-state index is 4.94. The van der Waals surface area contributed by atoms with Gasteiger partial charge in [0.25, 0.3) is 0 Å². The van der Waals surface area contributed by atoms with Gasteiger partial charge in [-0.05, 0) is 24.3 Å². The van der Waals surface area contributed by atoms with E-state index in [1.54, 1.807) is 24.8 Å². The normalized spacial score (nSPS) is 8.81. The minimum atomic E-state index is -1.66. The minimum Gasteiger partial charge on any atom is -0.265 e. The van der Waals surface area contributed by atoms with Crippen LogP contribution in [0.3, 0.4) is 0 Å². The minimum absolute atomic E-state index is 1.66. The Morgan fingerprint density at radius 1 is 0.562 bits per heavy atom. The predicted molar refractivity (Wildman–Crippen MR) is 66.0 cm³/mol. The number of pyridine rings is 2. The molecule has 2 aromatic heterocycles. The van der Waals surface area contributed by atoms with Crippen LogP contribution in [-0.2, 0) is 13.0 Å². The quantitative estimate of drug-likeness (QED) is 0.651. The van der Waals surface area contributed by atoms with Crippen LogP contribution in [0.25, 0.3) is 0 Å². The third-order valence-corrected chi connectivity index (χ3v) is 1.13. The molecule has 0 spiro atoms. The van der Waals surface area contributed by atoms with Crippen molar-refractivity contribution in [1.82, 2.24) is 9.97 Å². The first-order valence-corrected chi connectivity index (χ1v) is 10.4. The fourth-order valence-electron chi connectivity index (χ4n) is 0.625. The summed E-state index contributed by atoms with van der Waals surface area (Å²) < 4.78 is 0. The molecule has 90 valence electrons. The summed E-state index contributed by atoms with van der Waals surface area (Å²) in [6.07, 6.45) is 7.00.